The van der Waals surface area contributed by atoms with Crippen molar-refractivity contribution in [3.63, 3.8) is 0 Å². The van der Waals surface area contributed by atoms with E-state index in [0.29, 0.717) is 13.2 Å². The van der Waals surface area contributed by atoms with Crippen LogP contribution in [-0.4, -0.2) is 46.4 Å². The maximum absolute atomic E-state index is 6.19. The third-order valence-corrected chi connectivity index (χ3v) is 4.74. The first-order valence-electron chi connectivity index (χ1n) is 8.50. The summed E-state index contributed by atoms with van der Waals surface area (Å²) in [5.74, 6) is 0.790. The highest BCUT2D eigenvalue weighted by molar-refractivity contribution is 5.31. The van der Waals surface area contributed by atoms with Crippen LogP contribution in [0.2, 0.25) is 0 Å². The van der Waals surface area contributed by atoms with E-state index in [2.05, 4.69) is 19.9 Å². The van der Waals surface area contributed by atoms with E-state index in [1.165, 1.54) is 0 Å². The summed E-state index contributed by atoms with van der Waals surface area (Å²) in [6.45, 7) is 3.00. The molecule has 24 heavy (non-hydrogen) atoms. The topological polar surface area (TPSA) is 60.4 Å². The zero-order valence-corrected chi connectivity index (χ0v) is 13.7. The number of nitrogens with zero attached hydrogens (tertiary/aromatic N) is 4. The molecule has 2 fully saturated rings. The molecule has 2 aromatic heterocycles. The average molecular weight is 326 g/mol. The Morgan fingerprint density at radius 2 is 2.04 bits per heavy atom. The monoisotopic (exact) mass is 326 g/mol. The number of aromatic nitrogens is 3. The summed E-state index contributed by atoms with van der Waals surface area (Å²) in [4.78, 5) is 15.3. The van der Waals surface area contributed by atoms with Gasteiger partial charge in [-0.15, -0.1) is 0 Å². The smallest absolute Gasteiger partial charge is 0.225 e. The third-order valence-electron chi connectivity index (χ3n) is 4.74. The van der Waals surface area contributed by atoms with E-state index >= 15 is 0 Å². The van der Waals surface area contributed by atoms with Crippen LogP contribution in [0.15, 0.2) is 42.9 Å². The number of piperidine rings is 1. The molecule has 2 saturated heterocycles. The molecule has 0 aromatic carbocycles. The van der Waals surface area contributed by atoms with Crippen LogP contribution in [0, 0.1) is 0 Å². The number of ether oxygens (including phenoxy) is 2. The molecule has 2 aliphatic heterocycles. The molecule has 4 rings (SSSR count). The quantitative estimate of drug-likeness (QED) is 0.858. The van der Waals surface area contributed by atoms with Gasteiger partial charge >= 0.3 is 0 Å². The molecule has 4 heterocycles. The number of hydrogen-bond acceptors (Lipinski definition) is 6. The summed E-state index contributed by atoms with van der Waals surface area (Å²) < 4.78 is 12.2. The lowest BCUT2D eigenvalue weighted by molar-refractivity contribution is -0.0140. The Morgan fingerprint density at radius 3 is 2.88 bits per heavy atom. The van der Waals surface area contributed by atoms with E-state index in [1.54, 1.807) is 18.6 Å². The summed E-state index contributed by atoms with van der Waals surface area (Å²) in [7, 11) is 0. The fourth-order valence-corrected chi connectivity index (χ4v) is 3.60. The van der Waals surface area contributed by atoms with Crippen molar-refractivity contribution in [1.82, 2.24) is 15.0 Å². The van der Waals surface area contributed by atoms with E-state index in [-0.39, 0.29) is 11.7 Å². The van der Waals surface area contributed by atoms with Gasteiger partial charge in [0.1, 0.15) is 0 Å². The first-order chi connectivity index (χ1) is 11.8. The van der Waals surface area contributed by atoms with Gasteiger partial charge < -0.3 is 14.4 Å². The van der Waals surface area contributed by atoms with Crippen LogP contribution in [0.25, 0.3) is 0 Å². The van der Waals surface area contributed by atoms with Gasteiger partial charge in [0.2, 0.25) is 5.95 Å². The first-order valence-corrected chi connectivity index (χ1v) is 8.50. The minimum absolute atomic E-state index is 0.128. The summed E-state index contributed by atoms with van der Waals surface area (Å²) in [6, 6.07) is 7.73. The molecule has 126 valence electrons. The molecule has 0 aliphatic carbocycles. The van der Waals surface area contributed by atoms with E-state index < -0.39 is 0 Å². The lowest BCUT2D eigenvalue weighted by atomic mass is 9.89. The Morgan fingerprint density at radius 1 is 1.17 bits per heavy atom. The normalized spacial score (nSPS) is 26.8. The fourth-order valence-electron chi connectivity index (χ4n) is 3.60. The molecule has 2 atom stereocenters. The Kier molecular flexibility index (Phi) is 4.40. The van der Waals surface area contributed by atoms with Crippen molar-refractivity contribution in [1.29, 1.82) is 0 Å². The summed E-state index contributed by atoms with van der Waals surface area (Å²) >= 11 is 0. The zero-order chi connectivity index (χ0) is 16.2. The second-order valence-corrected chi connectivity index (χ2v) is 6.53. The SMILES string of the molecule is c1ccc(CO[C@H]2CO[C@@]3(CCCN(c4ncccn4)C3)C2)nc1. The van der Waals surface area contributed by atoms with Crippen molar-refractivity contribution >= 4 is 5.95 Å². The van der Waals surface area contributed by atoms with Gasteiger partial charge in [-0.1, -0.05) is 6.07 Å². The largest absolute Gasteiger partial charge is 0.370 e. The van der Waals surface area contributed by atoms with Gasteiger partial charge in [0.05, 0.1) is 30.6 Å². The van der Waals surface area contributed by atoms with E-state index in [0.717, 1.165) is 44.0 Å². The molecule has 0 amide bonds. The highest BCUT2D eigenvalue weighted by atomic mass is 16.6. The summed E-state index contributed by atoms with van der Waals surface area (Å²) in [5.41, 5.74) is 0.827. The maximum atomic E-state index is 6.19. The zero-order valence-electron chi connectivity index (χ0n) is 13.7. The number of pyridine rings is 1. The van der Waals surface area contributed by atoms with E-state index in [4.69, 9.17) is 9.47 Å². The van der Waals surface area contributed by atoms with Crippen LogP contribution in [0.4, 0.5) is 5.95 Å². The van der Waals surface area contributed by atoms with Crippen molar-refractivity contribution in [3.8, 4) is 0 Å². The molecule has 2 aromatic rings. The van der Waals surface area contributed by atoms with Crippen molar-refractivity contribution < 1.29 is 9.47 Å². The molecule has 0 bridgehead atoms. The van der Waals surface area contributed by atoms with Crippen LogP contribution >= 0.6 is 0 Å². The van der Waals surface area contributed by atoms with Crippen molar-refractivity contribution in [2.45, 2.75) is 37.6 Å². The molecule has 0 radical (unpaired) electrons. The second-order valence-electron chi connectivity index (χ2n) is 6.53. The van der Waals surface area contributed by atoms with Crippen LogP contribution in [0.3, 0.4) is 0 Å². The lowest BCUT2D eigenvalue weighted by Gasteiger charge is -2.39. The van der Waals surface area contributed by atoms with Crippen molar-refractivity contribution in [2.24, 2.45) is 0 Å². The molecule has 1 spiro atoms. The highest BCUT2D eigenvalue weighted by Crippen LogP contribution is 2.36. The van der Waals surface area contributed by atoms with Crippen molar-refractivity contribution in [2.75, 3.05) is 24.6 Å². The first kappa shape index (κ1) is 15.5. The molecule has 0 saturated carbocycles. The molecular weight excluding hydrogens is 304 g/mol. The molecule has 0 unspecified atom stereocenters. The van der Waals surface area contributed by atoms with Gasteiger partial charge in [-0.2, -0.15) is 0 Å². The van der Waals surface area contributed by atoms with Crippen molar-refractivity contribution in [3.05, 3.63) is 48.5 Å². The highest BCUT2D eigenvalue weighted by Gasteiger charge is 2.44. The molecule has 6 heteroatoms. The summed E-state index contributed by atoms with van der Waals surface area (Å²) in [5, 5.41) is 0. The van der Waals surface area contributed by atoms with Gasteiger partial charge in [-0.25, -0.2) is 9.97 Å². The van der Waals surface area contributed by atoms with Gasteiger partial charge in [-0.05, 0) is 31.0 Å². The van der Waals surface area contributed by atoms with Gasteiger partial charge in [0.15, 0.2) is 0 Å². The van der Waals surface area contributed by atoms with Gasteiger partial charge in [0, 0.05) is 38.1 Å². The number of hydrogen-bond donors (Lipinski definition) is 0. The Balaban J connectivity index is 1.36. The Bertz CT molecular complexity index is 655. The Labute approximate surface area is 141 Å². The minimum Gasteiger partial charge on any atom is -0.370 e. The van der Waals surface area contributed by atoms with Gasteiger partial charge in [-0.3, -0.25) is 4.98 Å². The van der Waals surface area contributed by atoms with E-state index in [9.17, 15) is 0 Å². The third kappa shape index (κ3) is 3.39. The number of anilines is 1. The lowest BCUT2D eigenvalue weighted by Crippen LogP contribution is -2.48. The minimum atomic E-state index is -0.133. The van der Waals surface area contributed by atoms with Crippen LogP contribution < -0.4 is 4.90 Å². The fraction of sp³-hybridized carbons (Fsp3) is 0.500. The van der Waals surface area contributed by atoms with E-state index in [1.807, 2.05) is 24.3 Å². The standard InChI is InChI=1S/C18H22N4O2/c1-2-7-19-15(5-1)12-23-16-11-18(24-13-16)6-3-10-22(14-18)17-20-8-4-9-21-17/h1-2,4-5,7-9,16H,3,6,10-14H2/t16-,18+/m1/s1. The predicted molar refractivity (Wildman–Crippen MR) is 89.6 cm³/mol. The molecular formula is C18H22N4O2. The molecule has 0 N–H and O–H groups in total. The van der Waals surface area contributed by atoms with Crippen LogP contribution in [-0.2, 0) is 16.1 Å². The van der Waals surface area contributed by atoms with Crippen LogP contribution in [0.5, 0.6) is 0 Å². The molecule has 6 nitrogen and oxygen atoms in total. The second kappa shape index (κ2) is 6.83. The maximum Gasteiger partial charge on any atom is 0.225 e. The van der Waals surface area contributed by atoms with Crippen LogP contribution in [0.1, 0.15) is 25.0 Å². The number of rotatable bonds is 4. The summed E-state index contributed by atoms with van der Waals surface area (Å²) in [6.07, 6.45) is 8.58. The average Bonchev–Trinajstić information content (AvgIpc) is 3.04. The van der Waals surface area contributed by atoms with Gasteiger partial charge in [0.25, 0.3) is 0 Å². The Hall–Kier alpha value is -2.05. The predicted octanol–water partition coefficient (Wildman–Crippen LogP) is 2.22. The molecule has 2 aliphatic rings.